The van der Waals surface area contributed by atoms with Gasteiger partial charge in [-0.2, -0.15) is 0 Å². The molecule has 0 saturated carbocycles. The summed E-state index contributed by atoms with van der Waals surface area (Å²) in [5, 5.41) is 6.53. The Hall–Kier alpha value is -3.52. The Kier molecular flexibility index (Phi) is 5.21. The van der Waals surface area contributed by atoms with Crippen molar-refractivity contribution in [3.63, 3.8) is 0 Å². The van der Waals surface area contributed by atoms with Gasteiger partial charge in [-0.25, -0.2) is 9.97 Å². The lowest BCUT2D eigenvalue weighted by Crippen LogP contribution is -2.31. The van der Waals surface area contributed by atoms with E-state index in [0.717, 1.165) is 39.5 Å². The van der Waals surface area contributed by atoms with Crippen molar-refractivity contribution >= 4 is 39.0 Å². The zero-order valence-corrected chi connectivity index (χ0v) is 17.8. The zero-order chi connectivity index (χ0) is 21.2. The van der Waals surface area contributed by atoms with Gasteiger partial charge in [0.1, 0.15) is 28.8 Å². The predicted octanol–water partition coefficient (Wildman–Crippen LogP) is 4.43. The van der Waals surface area contributed by atoms with Crippen LogP contribution in [0.25, 0.3) is 10.2 Å². The number of pyridine rings is 1. The van der Waals surface area contributed by atoms with Gasteiger partial charge in [0.25, 0.3) is 5.91 Å². The number of benzene rings is 1. The van der Waals surface area contributed by atoms with Gasteiger partial charge < -0.3 is 15.0 Å². The molecule has 3 aromatic heterocycles. The van der Waals surface area contributed by atoms with E-state index in [9.17, 15) is 4.79 Å². The summed E-state index contributed by atoms with van der Waals surface area (Å²) >= 11 is 1.61. The second-order valence-electron chi connectivity index (χ2n) is 7.46. The normalized spacial score (nSPS) is 15.9. The number of amides is 1. The molecule has 0 radical (unpaired) electrons. The minimum Gasteiger partial charge on any atom is -0.486 e. The van der Waals surface area contributed by atoms with Crippen LogP contribution in [0.2, 0.25) is 0 Å². The van der Waals surface area contributed by atoms with E-state index in [-0.39, 0.29) is 12.0 Å². The van der Waals surface area contributed by atoms with Gasteiger partial charge in [0.2, 0.25) is 0 Å². The maximum absolute atomic E-state index is 12.7. The van der Waals surface area contributed by atoms with Crippen molar-refractivity contribution in [2.45, 2.75) is 19.4 Å². The molecule has 156 valence electrons. The van der Waals surface area contributed by atoms with Gasteiger partial charge in [-0.15, -0.1) is 11.3 Å². The number of hydrogen-bond donors (Lipinski definition) is 1. The molecule has 1 amide bonds. The molecular weight excluding hydrogens is 410 g/mol. The summed E-state index contributed by atoms with van der Waals surface area (Å²) < 4.78 is 6.31. The average Bonchev–Trinajstić information content (AvgIpc) is 3.43. The molecule has 1 aliphatic rings. The van der Waals surface area contributed by atoms with Crippen molar-refractivity contribution in [1.82, 2.24) is 19.9 Å². The van der Waals surface area contributed by atoms with Crippen LogP contribution in [0.4, 0.5) is 11.5 Å². The van der Waals surface area contributed by atoms with Crippen LogP contribution in [0.1, 0.15) is 22.3 Å². The molecule has 1 unspecified atom stereocenters. The lowest BCUT2D eigenvalue weighted by atomic mass is 10.2. The van der Waals surface area contributed by atoms with Gasteiger partial charge >= 0.3 is 0 Å². The van der Waals surface area contributed by atoms with E-state index in [4.69, 9.17) is 4.74 Å². The van der Waals surface area contributed by atoms with E-state index in [2.05, 4.69) is 32.6 Å². The Morgan fingerprint density at radius 2 is 2.13 bits per heavy atom. The Labute approximate surface area is 183 Å². The zero-order valence-electron chi connectivity index (χ0n) is 17.0. The maximum atomic E-state index is 12.7. The summed E-state index contributed by atoms with van der Waals surface area (Å²) in [6, 6.07) is 11.4. The van der Waals surface area contributed by atoms with E-state index >= 15 is 0 Å². The minimum atomic E-state index is -0.0723. The van der Waals surface area contributed by atoms with Crippen LogP contribution < -0.4 is 10.1 Å². The maximum Gasteiger partial charge on any atom is 0.255 e. The van der Waals surface area contributed by atoms with E-state index < -0.39 is 0 Å². The first-order valence-electron chi connectivity index (χ1n) is 10.1. The highest BCUT2D eigenvalue weighted by atomic mass is 32.1. The topological polar surface area (TPSA) is 80.2 Å². The highest BCUT2D eigenvalue weighted by molar-refractivity contribution is 7.17. The summed E-state index contributed by atoms with van der Waals surface area (Å²) in [7, 11) is 0. The third kappa shape index (κ3) is 3.94. The van der Waals surface area contributed by atoms with E-state index in [1.807, 2.05) is 29.2 Å². The van der Waals surface area contributed by atoms with E-state index in [1.54, 1.807) is 42.2 Å². The quantitative estimate of drug-likeness (QED) is 0.503. The molecule has 1 saturated heterocycles. The first kappa shape index (κ1) is 19.4. The molecule has 0 aliphatic carbocycles. The number of anilines is 2. The molecular formula is C23H21N5O2S. The Morgan fingerprint density at radius 3 is 3.00 bits per heavy atom. The summed E-state index contributed by atoms with van der Waals surface area (Å²) in [5.74, 6) is 1.49. The number of nitrogens with zero attached hydrogens (tertiary/aromatic N) is 4. The van der Waals surface area contributed by atoms with Crippen molar-refractivity contribution in [2.75, 3.05) is 18.4 Å². The molecule has 1 aromatic carbocycles. The number of likely N-dealkylation sites (tertiary alicyclic amines) is 1. The van der Waals surface area contributed by atoms with Crippen molar-refractivity contribution in [1.29, 1.82) is 0 Å². The molecule has 5 rings (SSSR count). The molecule has 0 bridgehead atoms. The van der Waals surface area contributed by atoms with Gasteiger partial charge in [-0.3, -0.25) is 9.78 Å². The number of thiophene rings is 1. The fourth-order valence-electron chi connectivity index (χ4n) is 3.77. The summed E-state index contributed by atoms with van der Waals surface area (Å²) in [4.78, 5) is 28.3. The van der Waals surface area contributed by atoms with Crippen LogP contribution in [-0.4, -0.2) is 45.0 Å². The fourth-order valence-corrected chi connectivity index (χ4v) is 4.66. The monoisotopic (exact) mass is 431 g/mol. The number of nitrogens with one attached hydrogen (secondary N) is 1. The standard InChI is InChI=1S/C23H21N5O2S/c1-15-13-31-22-20(15)21(25-14-26-22)27-18-6-2-3-7-19(18)30-17-8-10-28(12-17)23(29)16-5-4-9-24-11-16/h2-7,9,11,13-14,17H,8,10,12H2,1H3,(H,25,26,27). The number of hydrogen-bond acceptors (Lipinski definition) is 7. The lowest BCUT2D eigenvalue weighted by Gasteiger charge is -2.19. The average molecular weight is 432 g/mol. The molecule has 1 aliphatic heterocycles. The highest BCUT2D eigenvalue weighted by Crippen LogP contribution is 2.34. The number of carbonyl (C=O) groups is 1. The van der Waals surface area contributed by atoms with Crippen LogP contribution in [0.5, 0.6) is 5.75 Å². The van der Waals surface area contributed by atoms with Crippen LogP contribution >= 0.6 is 11.3 Å². The van der Waals surface area contributed by atoms with Crippen molar-refractivity contribution in [3.05, 3.63) is 71.6 Å². The molecule has 31 heavy (non-hydrogen) atoms. The Balaban J connectivity index is 1.32. The lowest BCUT2D eigenvalue weighted by molar-refractivity contribution is 0.0772. The molecule has 0 spiro atoms. The molecule has 1 atom stereocenters. The third-order valence-electron chi connectivity index (χ3n) is 5.33. The largest absolute Gasteiger partial charge is 0.486 e. The highest BCUT2D eigenvalue weighted by Gasteiger charge is 2.29. The van der Waals surface area contributed by atoms with Gasteiger partial charge in [-0.1, -0.05) is 12.1 Å². The third-order valence-corrected chi connectivity index (χ3v) is 6.33. The molecule has 7 nitrogen and oxygen atoms in total. The smallest absolute Gasteiger partial charge is 0.255 e. The number of para-hydroxylation sites is 2. The molecule has 4 heterocycles. The number of ether oxygens (including phenoxy) is 1. The van der Waals surface area contributed by atoms with E-state index in [1.165, 1.54) is 0 Å². The number of aryl methyl sites for hydroxylation is 1. The van der Waals surface area contributed by atoms with Crippen LogP contribution in [0.3, 0.4) is 0 Å². The SMILES string of the molecule is Cc1csc2ncnc(Nc3ccccc3OC3CCN(C(=O)c4cccnc4)C3)c12. The Morgan fingerprint density at radius 1 is 1.23 bits per heavy atom. The number of fused-ring (bicyclic) bond motifs is 1. The van der Waals surface area contributed by atoms with Gasteiger partial charge in [-0.05, 0) is 42.1 Å². The van der Waals surface area contributed by atoms with Gasteiger partial charge in [0.05, 0.1) is 23.2 Å². The van der Waals surface area contributed by atoms with E-state index in [0.29, 0.717) is 18.7 Å². The van der Waals surface area contributed by atoms with Crippen LogP contribution in [0, 0.1) is 6.92 Å². The number of carbonyl (C=O) groups excluding carboxylic acids is 1. The van der Waals surface area contributed by atoms with Crippen LogP contribution in [0.15, 0.2) is 60.5 Å². The predicted molar refractivity (Wildman–Crippen MR) is 121 cm³/mol. The first-order valence-corrected chi connectivity index (χ1v) is 11.0. The summed E-state index contributed by atoms with van der Waals surface area (Å²) in [6.45, 7) is 3.26. The second kappa shape index (κ2) is 8.31. The number of aromatic nitrogens is 3. The summed E-state index contributed by atoms with van der Waals surface area (Å²) in [6.07, 6.45) is 5.55. The van der Waals surface area contributed by atoms with Crippen molar-refractivity contribution in [3.8, 4) is 5.75 Å². The van der Waals surface area contributed by atoms with Gasteiger partial charge in [0.15, 0.2) is 0 Å². The van der Waals surface area contributed by atoms with Crippen LogP contribution in [-0.2, 0) is 0 Å². The fraction of sp³-hybridized carbons (Fsp3) is 0.217. The minimum absolute atomic E-state index is 0.0121. The first-order chi connectivity index (χ1) is 15.2. The van der Waals surface area contributed by atoms with Crippen molar-refractivity contribution < 1.29 is 9.53 Å². The van der Waals surface area contributed by atoms with Crippen molar-refractivity contribution in [2.24, 2.45) is 0 Å². The summed E-state index contributed by atoms with van der Waals surface area (Å²) in [5.41, 5.74) is 2.58. The van der Waals surface area contributed by atoms with Gasteiger partial charge in [0, 0.05) is 25.4 Å². The number of rotatable bonds is 5. The molecule has 1 fully saturated rings. The molecule has 1 N–H and O–H groups in total. The molecule has 8 heteroatoms. The second-order valence-corrected chi connectivity index (χ2v) is 8.32. The molecule has 4 aromatic rings. The Bertz CT molecular complexity index is 1230.